The normalized spacial score (nSPS) is 25.4. The van der Waals surface area contributed by atoms with Crippen LogP contribution in [0.1, 0.15) is 45.4 Å². The molecular weight excluding hydrogens is 226 g/mol. The maximum Gasteiger partial charge on any atom is 0.317 e. The van der Waals surface area contributed by atoms with Gasteiger partial charge < -0.3 is 15.5 Å². The molecule has 0 aromatic rings. The zero-order chi connectivity index (χ0) is 12.8. The minimum absolute atomic E-state index is 0.171. The summed E-state index contributed by atoms with van der Waals surface area (Å²) in [6, 6.07) is 0.665. The van der Waals surface area contributed by atoms with E-state index >= 15 is 0 Å². The number of unbranched alkanes of at least 4 members (excludes halogenated alkanes) is 1. The SMILES string of the molecule is CCCCNC(=O)N1CCCC1C1CCNCC1. The molecule has 2 amide bonds. The molecule has 2 saturated heterocycles. The molecule has 0 spiro atoms. The highest BCUT2D eigenvalue weighted by Gasteiger charge is 2.34. The molecular formula is C14H27N3O. The summed E-state index contributed by atoms with van der Waals surface area (Å²) in [5, 5.41) is 6.47. The fourth-order valence-corrected chi connectivity index (χ4v) is 3.24. The Morgan fingerprint density at radius 3 is 2.83 bits per heavy atom. The summed E-state index contributed by atoms with van der Waals surface area (Å²) in [4.78, 5) is 14.3. The van der Waals surface area contributed by atoms with Gasteiger partial charge in [0.05, 0.1) is 0 Å². The fourth-order valence-electron chi connectivity index (χ4n) is 3.24. The Bertz CT molecular complexity index is 264. The summed E-state index contributed by atoms with van der Waals surface area (Å²) >= 11 is 0. The van der Waals surface area contributed by atoms with Gasteiger partial charge in [-0.2, -0.15) is 0 Å². The van der Waals surface area contributed by atoms with E-state index in [-0.39, 0.29) is 6.03 Å². The second-order valence-corrected chi connectivity index (χ2v) is 5.58. The van der Waals surface area contributed by atoms with Gasteiger partial charge in [0.2, 0.25) is 0 Å². The Kier molecular flexibility index (Phi) is 5.29. The molecule has 2 aliphatic rings. The molecule has 104 valence electrons. The number of nitrogens with one attached hydrogen (secondary N) is 2. The average molecular weight is 253 g/mol. The second kappa shape index (κ2) is 6.98. The summed E-state index contributed by atoms with van der Waals surface area (Å²) in [5.74, 6) is 0.714. The number of likely N-dealkylation sites (tertiary alicyclic amines) is 1. The van der Waals surface area contributed by atoms with Crippen LogP contribution in [0.25, 0.3) is 0 Å². The highest BCUT2D eigenvalue weighted by molar-refractivity contribution is 5.74. The second-order valence-electron chi connectivity index (χ2n) is 5.58. The molecule has 2 N–H and O–H groups in total. The van der Waals surface area contributed by atoms with Gasteiger partial charge in [-0.25, -0.2) is 4.79 Å². The molecule has 0 aromatic heterocycles. The molecule has 0 aromatic carbocycles. The molecule has 2 fully saturated rings. The summed E-state index contributed by atoms with van der Waals surface area (Å²) < 4.78 is 0. The third-order valence-corrected chi connectivity index (χ3v) is 4.29. The standard InChI is InChI=1S/C14H27N3O/c1-2-3-8-16-14(18)17-11-4-5-13(17)12-6-9-15-10-7-12/h12-13,15H,2-11H2,1H3,(H,16,18). The van der Waals surface area contributed by atoms with E-state index in [4.69, 9.17) is 0 Å². The van der Waals surface area contributed by atoms with E-state index in [1.54, 1.807) is 0 Å². The topological polar surface area (TPSA) is 44.4 Å². The molecule has 0 radical (unpaired) electrons. The van der Waals surface area contributed by atoms with Crippen LogP contribution in [0, 0.1) is 5.92 Å². The van der Waals surface area contributed by atoms with E-state index < -0.39 is 0 Å². The summed E-state index contributed by atoms with van der Waals surface area (Å²) in [5.41, 5.74) is 0. The maximum atomic E-state index is 12.2. The summed E-state index contributed by atoms with van der Waals surface area (Å²) in [6.45, 7) is 6.16. The van der Waals surface area contributed by atoms with Crippen LogP contribution in [-0.4, -0.2) is 43.2 Å². The van der Waals surface area contributed by atoms with Crippen LogP contribution in [0.3, 0.4) is 0 Å². The number of hydrogen-bond donors (Lipinski definition) is 2. The lowest BCUT2D eigenvalue weighted by Crippen LogP contribution is -2.47. The minimum atomic E-state index is 0.171. The van der Waals surface area contributed by atoms with Crippen LogP contribution in [-0.2, 0) is 0 Å². The smallest absolute Gasteiger partial charge is 0.317 e. The highest BCUT2D eigenvalue weighted by Crippen LogP contribution is 2.29. The van der Waals surface area contributed by atoms with Gasteiger partial charge in [-0.3, -0.25) is 0 Å². The zero-order valence-corrected chi connectivity index (χ0v) is 11.6. The zero-order valence-electron chi connectivity index (χ0n) is 11.6. The van der Waals surface area contributed by atoms with E-state index in [0.717, 1.165) is 39.0 Å². The van der Waals surface area contributed by atoms with Crippen molar-refractivity contribution in [2.75, 3.05) is 26.2 Å². The van der Waals surface area contributed by atoms with E-state index in [1.807, 2.05) is 0 Å². The van der Waals surface area contributed by atoms with E-state index in [2.05, 4.69) is 22.5 Å². The Morgan fingerprint density at radius 2 is 2.11 bits per heavy atom. The van der Waals surface area contributed by atoms with Crippen LogP contribution in [0.15, 0.2) is 0 Å². The van der Waals surface area contributed by atoms with Crippen LogP contribution in [0.2, 0.25) is 0 Å². The van der Waals surface area contributed by atoms with Gasteiger partial charge in [0.1, 0.15) is 0 Å². The number of piperidine rings is 1. The Labute approximate surface area is 110 Å². The van der Waals surface area contributed by atoms with E-state index in [9.17, 15) is 4.79 Å². The number of hydrogen-bond acceptors (Lipinski definition) is 2. The molecule has 2 rings (SSSR count). The quantitative estimate of drug-likeness (QED) is 0.752. The lowest BCUT2D eigenvalue weighted by Gasteiger charge is -2.34. The fraction of sp³-hybridized carbons (Fsp3) is 0.929. The van der Waals surface area contributed by atoms with Crippen molar-refractivity contribution in [3.8, 4) is 0 Å². The largest absolute Gasteiger partial charge is 0.338 e. The molecule has 1 unspecified atom stereocenters. The van der Waals surface area contributed by atoms with Crippen molar-refractivity contribution in [1.82, 2.24) is 15.5 Å². The molecule has 0 saturated carbocycles. The number of amides is 2. The lowest BCUT2D eigenvalue weighted by atomic mass is 9.89. The monoisotopic (exact) mass is 253 g/mol. The van der Waals surface area contributed by atoms with Crippen molar-refractivity contribution < 1.29 is 4.79 Å². The van der Waals surface area contributed by atoms with Crippen molar-refractivity contribution in [2.45, 2.75) is 51.5 Å². The molecule has 2 heterocycles. The van der Waals surface area contributed by atoms with Crippen LogP contribution >= 0.6 is 0 Å². The van der Waals surface area contributed by atoms with Crippen molar-refractivity contribution in [3.05, 3.63) is 0 Å². The van der Waals surface area contributed by atoms with Crippen molar-refractivity contribution in [3.63, 3.8) is 0 Å². The minimum Gasteiger partial charge on any atom is -0.338 e. The summed E-state index contributed by atoms with van der Waals surface area (Å²) in [7, 11) is 0. The summed E-state index contributed by atoms with van der Waals surface area (Å²) in [6.07, 6.45) is 7.05. The Morgan fingerprint density at radius 1 is 1.33 bits per heavy atom. The molecule has 18 heavy (non-hydrogen) atoms. The van der Waals surface area contributed by atoms with Crippen molar-refractivity contribution >= 4 is 6.03 Å². The first-order valence-corrected chi connectivity index (χ1v) is 7.58. The van der Waals surface area contributed by atoms with Gasteiger partial charge >= 0.3 is 6.03 Å². The first-order chi connectivity index (χ1) is 8.83. The van der Waals surface area contributed by atoms with E-state index in [1.165, 1.54) is 25.7 Å². The first-order valence-electron chi connectivity index (χ1n) is 7.58. The van der Waals surface area contributed by atoms with E-state index in [0.29, 0.717) is 12.0 Å². The number of carbonyl (C=O) groups is 1. The highest BCUT2D eigenvalue weighted by atomic mass is 16.2. The van der Waals surface area contributed by atoms with Crippen LogP contribution < -0.4 is 10.6 Å². The lowest BCUT2D eigenvalue weighted by molar-refractivity contribution is 0.159. The molecule has 0 aliphatic carbocycles. The van der Waals surface area contributed by atoms with Gasteiger partial charge in [-0.05, 0) is 51.1 Å². The average Bonchev–Trinajstić information content (AvgIpc) is 2.89. The van der Waals surface area contributed by atoms with Gasteiger partial charge in [0, 0.05) is 19.1 Å². The number of nitrogens with zero attached hydrogens (tertiary/aromatic N) is 1. The molecule has 0 bridgehead atoms. The predicted molar refractivity (Wildman–Crippen MR) is 73.6 cm³/mol. The van der Waals surface area contributed by atoms with Crippen LogP contribution in [0.5, 0.6) is 0 Å². The number of carbonyl (C=O) groups excluding carboxylic acids is 1. The molecule has 1 atom stereocenters. The number of urea groups is 1. The molecule has 2 aliphatic heterocycles. The van der Waals surface area contributed by atoms with Crippen molar-refractivity contribution in [2.24, 2.45) is 5.92 Å². The number of rotatable bonds is 4. The first kappa shape index (κ1) is 13.7. The van der Waals surface area contributed by atoms with Gasteiger partial charge in [-0.15, -0.1) is 0 Å². The third kappa shape index (κ3) is 3.37. The van der Waals surface area contributed by atoms with Gasteiger partial charge in [-0.1, -0.05) is 13.3 Å². The van der Waals surface area contributed by atoms with Crippen LogP contribution in [0.4, 0.5) is 4.79 Å². The third-order valence-electron chi connectivity index (χ3n) is 4.29. The maximum absolute atomic E-state index is 12.2. The Hall–Kier alpha value is -0.770. The predicted octanol–water partition coefficient (Wildman–Crippen LogP) is 1.96. The Balaban J connectivity index is 1.84. The molecule has 4 heteroatoms. The van der Waals surface area contributed by atoms with Gasteiger partial charge in [0.25, 0.3) is 0 Å². The molecule has 4 nitrogen and oxygen atoms in total. The van der Waals surface area contributed by atoms with Gasteiger partial charge in [0.15, 0.2) is 0 Å². The van der Waals surface area contributed by atoms with Crippen molar-refractivity contribution in [1.29, 1.82) is 0 Å².